The molecule has 0 aliphatic carbocycles. The Hall–Kier alpha value is -0.970. The van der Waals surface area contributed by atoms with Gasteiger partial charge in [-0.15, -0.1) is 0 Å². The number of diazo groups is 1. The predicted molar refractivity (Wildman–Crippen MR) is 62.4 cm³/mol. The van der Waals surface area contributed by atoms with Crippen molar-refractivity contribution >= 4 is 37.5 Å². The summed E-state index contributed by atoms with van der Waals surface area (Å²) in [7, 11) is -8.80. The molecule has 0 spiro atoms. The van der Waals surface area contributed by atoms with E-state index in [0.717, 1.165) is 7.11 Å². The topological polar surface area (TPSA) is 146 Å². The van der Waals surface area contributed by atoms with E-state index in [1.165, 1.54) is 0 Å². The Labute approximate surface area is 129 Å². The summed E-state index contributed by atoms with van der Waals surface area (Å²) in [6.07, 6.45) is 0. The van der Waals surface area contributed by atoms with Crippen LogP contribution in [0.5, 0.6) is 5.75 Å². The number of hydrogen-bond donors (Lipinski definition) is 2. The average Bonchev–Trinajstić information content (AvgIpc) is 2.25. The second-order valence-electron chi connectivity index (χ2n) is 3.12. The average molecular weight is 410 g/mol. The van der Waals surface area contributed by atoms with Gasteiger partial charge >= 0.3 is 15.8 Å². The lowest BCUT2D eigenvalue weighted by Crippen LogP contribution is -3.00. The zero-order chi connectivity index (χ0) is 15.0. The molecule has 0 atom stereocenters. The quantitative estimate of drug-likeness (QED) is 0.445. The molecule has 112 valence electrons. The minimum absolute atomic E-state index is 0. The Morgan fingerprint density at radius 2 is 1.75 bits per heavy atom. The van der Waals surface area contributed by atoms with Crippen molar-refractivity contribution in [2.45, 2.75) is 9.79 Å². The van der Waals surface area contributed by atoms with Crippen LogP contribution in [0.25, 0.3) is 4.98 Å². The number of methoxy groups -OCH3 is 1. The van der Waals surface area contributed by atoms with E-state index in [1.807, 2.05) is 0 Å². The molecule has 0 heterocycles. The molecule has 0 unspecified atom stereocenters. The van der Waals surface area contributed by atoms with Gasteiger partial charge in [-0.05, 0) is 0 Å². The van der Waals surface area contributed by atoms with Gasteiger partial charge in [-0.1, -0.05) is 11.6 Å². The molecule has 0 amide bonds. The monoisotopic (exact) mass is 408 g/mol. The van der Waals surface area contributed by atoms with E-state index in [9.17, 15) is 16.8 Å². The van der Waals surface area contributed by atoms with Gasteiger partial charge in [0, 0.05) is 0 Å². The molecule has 0 saturated heterocycles. The molecule has 0 fully saturated rings. The van der Waals surface area contributed by atoms with Crippen LogP contribution in [-0.2, 0) is 20.2 Å². The van der Waals surface area contributed by atoms with Crippen molar-refractivity contribution in [1.82, 2.24) is 0 Å². The summed E-state index contributed by atoms with van der Waals surface area (Å²) in [5.74, 6) is -0.785. The molecule has 1 aromatic carbocycles. The van der Waals surface area contributed by atoms with E-state index in [2.05, 4.69) is 9.71 Å². The van der Waals surface area contributed by atoms with Crippen LogP contribution in [0.1, 0.15) is 0 Å². The van der Waals surface area contributed by atoms with Crippen LogP contribution < -0.4 is 21.7 Å². The minimum atomic E-state index is -4.91. The molecule has 0 radical (unpaired) electrons. The first-order valence-corrected chi connectivity index (χ1v) is 7.50. The van der Waals surface area contributed by atoms with Gasteiger partial charge < -0.3 is 21.7 Å². The first kappa shape index (κ1) is 19.0. The van der Waals surface area contributed by atoms with Gasteiger partial charge in [0.05, 0.1) is 13.2 Å². The molecule has 1 aromatic rings. The largest absolute Gasteiger partial charge is 1.00 e. The van der Waals surface area contributed by atoms with Crippen molar-refractivity contribution in [3.63, 3.8) is 0 Å². The fourth-order valence-electron chi connectivity index (χ4n) is 1.27. The third kappa shape index (κ3) is 3.57. The van der Waals surface area contributed by atoms with Gasteiger partial charge in [-0.2, -0.15) is 16.8 Å². The summed E-state index contributed by atoms with van der Waals surface area (Å²) < 4.78 is 66.8. The smallest absolute Gasteiger partial charge is 0.411 e. The molecule has 0 aliphatic heterocycles. The van der Waals surface area contributed by atoms with Crippen LogP contribution in [0.3, 0.4) is 0 Å². The van der Waals surface area contributed by atoms with Crippen molar-refractivity contribution < 1.29 is 47.7 Å². The van der Waals surface area contributed by atoms with E-state index < -0.39 is 46.5 Å². The first-order chi connectivity index (χ1) is 8.54. The molecule has 2 N–H and O–H groups in total. The Bertz CT molecular complexity index is 784. The summed E-state index contributed by atoms with van der Waals surface area (Å²) in [6.45, 7) is 0. The number of benzene rings is 1. The number of ether oxygens (including phenoxy) is 1. The highest BCUT2D eigenvalue weighted by molar-refractivity contribution is 7.86. The van der Waals surface area contributed by atoms with Gasteiger partial charge in [0.25, 0.3) is 10.1 Å². The summed E-state index contributed by atoms with van der Waals surface area (Å²) in [6, 6.07) is 0.462. The first-order valence-electron chi connectivity index (χ1n) is 4.24. The Morgan fingerprint density at radius 3 is 2.05 bits per heavy atom. The zero-order valence-electron chi connectivity index (χ0n) is 9.48. The van der Waals surface area contributed by atoms with Crippen molar-refractivity contribution in [1.29, 1.82) is 5.39 Å². The highest BCUT2D eigenvalue weighted by atomic mass is 79.9. The van der Waals surface area contributed by atoms with Crippen molar-refractivity contribution in [2.24, 2.45) is 0 Å². The molecular weight excluding hydrogens is 404 g/mol. The summed E-state index contributed by atoms with van der Waals surface area (Å²) in [5, 5.41) is 7.87. The van der Waals surface area contributed by atoms with Crippen molar-refractivity contribution in [3.8, 4) is 5.75 Å². The standard InChI is InChI=1S/C7H5ClN2O7S2.BrH/c1-17-6-5(8)4(18(11,12)13)2-3(10-9)7(6)19(14,15)16;/h2H,1H3,(H-,11,12,13,14,15,16);1H. The van der Waals surface area contributed by atoms with Gasteiger partial charge in [0.15, 0.2) is 10.7 Å². The van der Waals surface area contributed by atoms with Crippen LogP contribution in [-0.4, -0.2) is 33.1 Å². The van der Waals surface area contributed by atoms with Crippen molar-refractivity contribution in [2.75, 3.05) is 7.11 Å². The van der Waals surface area contributed by atoms with E-state index >= 15 is 0 Å². The number of hydrogen-bond acceptors (Lipinski definition) is 6. The SMILES string of the molecule is COc1c(Cl)c(S(=O)(=O)O)cc([N+]#N)c1S(=O)(=O)O.[Br-]. The third-order valence-corrected chi connectivity index (χ3v) is 4.25. The Balaban J connectivity index is 0.00000361. The van der Waals surface area contributed by atoms with E-state index in [0.29, 0.717) is 6.07 Å². The highest BCUT2D eigenvalue weighted by Crippen LogP contribution is 2.43. The van der Waals surface area contributed by atoms with Crippen LogP contribution in [0.4, 0.5) is 5.69 Å². The maximum Gasteiger partial charge on any atom is 0.411 e. The summed E-state index contributed by atoms with van der Waals surface area (Å²) >= 11 is 5.57. The highest BCUT2D eigenvalue weighted by Gasteiger charge is 2.36. The lowest BCUT2D eigenvalue weighted by atomic mass is 10.3. The molecule has 0 aliphatic rings. The number of halogens is 2. The number of nitrogens with zero attached hydrogens (tertiary/aromatic N) is 2. The lowest BCUT2D eigenvalue weighted by Gasteiger charge is -2.08. The molecule has 9 nitrogen and oxygen atoms in total. The van der Waals surface area contributed by atoms with Crippen LogP contribution >= 0.6 is 11.6 Å². The van der Waals surface area contributed by atoms with Gasteiger partial charge in [-0.25, -0.2) is 0 Å². The van der Waals surface area contributed by atoms with Crippen molar-refractivity contribution in [3.05, 3.63) is 16.1 Å². The van der Waals surface area contributed by atoms with Crippen LogP contribution in [0.2, 0.25) is 5.02 Å². The van der Waals surface area contributed by atoms with Gasteiger partial charge in [-0.3, -0.25) is 9.11 Å². The van der Waals surface area contributed by atoms with Crippen LogP contribution in [0.15, 0.2) is 15.9 Å². The van der Waals surface area contributed by atoms with E-state index in [-0.39, 0.29) is 17.0 Å². The maximum absolute atomic E-state index is 11.1. The summed E-state index contributed by atoms with van der Waals surface area (Å²) in [5.41, 5.74) is -0.864. The molecule has 13 heteroatoms. The summed E-state index contributed by atoms with van der Waals surface area (Å²) in [4.78, 5) is 0.536. The molecule has 0 aromatic heterocycles. The molecule has 0 saturated carbocycles. The fourth-order valence-corrected chi connectivity index (χ4v) is 3.21. The second kappa shape index (κ2) is 6.20. The molecule has 0 bridgehead atoms. The van der Waals surface area contributed by atoms with E-state index in [1.54, 1.807) is 0 Å². The van der Waals surface area contributed by atoms with Crippen LogP contribution in [0, 0.1) is 5.39 Å². The van der Waals surface area contributed by atoms with Gasteiger partial charge in [0.1, 0.15) is 9.92 Å². The Morgan fingerprint density at radius 1 is 1.25 bits per heavy atom. The third-order valence-electron chi connectivity index (χ3n) is 1.97. The van der Waals surface area contributed by atoms with E-state index in [4.69, 9.17) is 26.1 Å². The lowest BCUT2D eigenvalue weighted by molar-refractivity contribution is -0.0000127. The fraction of sp³-hybridized carbons (Fsp3) is 0.143. The second-order valence-corrected chi connectivity index (χ2v) is 6.25. The maximum atomic E-state index is 11.1. The number of rotatable bonds is 3. The zero-order valence-corrected chi connectivity index (χ0v) is 13.5. The van der Waals surface area contributed by atoms with Gasteiger partial charge in [0.2, 0.25) is 10.3 Å². The predicted octanol–water partition coefficient (Wildman–Crippen LogP) is -1.67. The normalized spacial score (nSPS) is 11.3. The molecular formula is C7H6BrClN2O7S2. The molecule has 1 rings (SSSR count). The molecule has 20 heavy (non-hydrogen) atoms. The Kier molecular flexibility index (Phi) is 5.90. The minimum Gasteiger partial charge on any atom is -1.00 e.